The van der Waals surface area contributed by atoms with Gasteiger partial charge in [0, 0.05) is 17.1 Å². The maximum Gasteiger partial charge on any atom is 0.143 e. The summed E-state index contributed by atoms with van der Waals surface area (Å²) in [5, 5.41) is 3.13. The molecule has 0 aliphatic carbocycles. The summed E-state index contributed by atoms with van der Waals surface area (Å²) in [4.78, 5) is 4.64. The highest BCUT2D eigenvalue weighted by atomic mass is 35.5. The minimum absolute atomic E-state index is 0.405. The van der Waals surface area contributed by atoms with Crippen molar-refractivity contribution in [2.75, 3.05) is 5.01 Å². The second kappa shape index (κ2) is 5.45. The summed E-state index contributed by atoms with van der Waals surface area (Å²) in [7, 11) is 0. The van der Waals surface area contributed by atoms with Crippen LogP contribution in [0.25, 0.3) is 11.0 Å². The number of alkyl halides is 1. The Morgan fingerprint density at radius 1 is 1.25 bits per heavy atom. The van der Waals surface area contributed by atoms with Crippen molar-refractivity contribution in [3.05, 3.63) is 29.0 Å². The highest BCUT2D eigenvalue weighted by Crippen LogP contribution is 2.27. The molecule has 1 saturated heterocycles. The van der Waals surface area contributed by atoms with Crippen LogP contribution >= 0.6 is 23.2 Å². The topological polar surface area (TPSA) is 21.1 Å². The summed E-state index contributed by atoms with van der Waals surface area (Å²) >= 11 is 12.2. The molecule has 1 fully saturated rings. The van der Waals surface area contributed by atoms with Gasteiger partial charge in [-0.25, -0.2) is 9.66 Å². The van der Waals surface area contributed by atoms with Gasteiger partial charge < -0.3 is 5.01 Å². The van der Waals surface area contributed by atoms with Gasteiger partial charge in [-0.2, -0.15) is 0 Å². The van der Waals surface area contributed by atoms with Gasteiger partial charge in [0.2, 0.25) is 0 Å². The highest BCUT2D eigenvalue weighted by molar-refractivity contribution is 6.31. The van der Waals surface area contributed by atoms with E-state index in [4.69, 9.17) is 23.2 Å². The zero-order valence-electron chi connectivity index (χ0n) is 11.8. The van der Waals surface area contributed by atoms with Crippen molar-refractivity contribution in [2.45, 2.75) is 51.1 Å². The monoisotopic (exact) mass is 311 g/mol. The van der Waals surface area contributed by atoms with Crippen LogP contribution in [0.4, 0.5) is 0 Å². The molecule has 0 spiro atoms. The van der Waals surface area contributed by atoms with E-state index in [9.17, 15) is 0 Å². The molecule has 1 aromatic carbocycles. The van der Waals surface area contributed by atoms with Crippen LogP contribution in [0.2, 0.25) is 5.02 Å². The molecule has 0 radical (unpaired) electrons. The van der Waals surface area contributed by atoms with E-state index in [-0.39, 0.29) is 0 Å². The average molecular weight is 312 g/mol. The van der Waals surface area contributed by atoms with E-state index in [2.05, 4.69) is 28.5 Å². The molecule has 0 amide bonds. The molecular formula is C15H19Cl2N3. The standard InChI is InChI=1S/C15H19Cl2N3/c1-10-4-3-5-11(2)19(10)20-14-7-6-12(17)8-13(14)18-15(20)9-16/h6-8,10-11H,3-5,9H2,1-2H3. The fraction of sp³-hybridized carbons (Fsp3) is 0.533. The Morgan fingerprint density at radius 2 is 1.95 bits per heavy atom. The quantitative estimate of drug-likeness (QED) is 0.770. The molecule has 5 heteroatoms. The summed E-state index contributed by atoms with van der Waals surface area (Å²) in [6.45, 7) is 4.55. The largest absolute Gasteiger partial charge is 0.305 e. The molecular weight excluding hydrogens is 293 g/mol. The minimum atomic E-state index is 0.405. The Kier molecular flexibility index (Phi) is 3.83. The van der Waals surface area contributed by atoms with Crippen LogP contribution in [0, 0.1) is 0 Å². The van der Waals surface area contributed by atoms with Crippen molar-refractivity contribution in [1.82, 2.24) is 9.66 Å². The van der Waals surface area contributed by atoms with Gasteiger partial charge in [-0.15, -0.1) is 11.6 Å². The van der Waals surface area contributed by atoms with Crippen molar-refractivity contribution in [3.8, 4) is 0 Å². The maximum absolute atomic E-state index is 6.12. The van der Waals surface area contributed by atoms with Crippen molar-refractivity contribution in [2.24, 2.45) is 0 Å². The van der Waals surface area contributed by atoms with Crippen LogP contribution in [0.1, 0.15) is 38.9 Å². The van der Waals surface area contributed by atoms with Crippen molar-refractivity contribution < 1.29 is 0 Å². The lowest BCUT2D eigenvalue weighted by molar-refractivity contribution is 0.337. The molecule has 3 nitrogen and oxygen atoms in total. The van der Waals surface area contributed by atoms with E-state index in [1.807, 2.05) is 18.2 Å². The van der Waals surface area contributed by atoms with Gasteiger partial charge in [0.05, 0.1) is 16.9 Å². The van der Waals surface area contributed by atoms with Crippen molar-refractivity contribution in [1.29, 1.82) is 0 Å². The third kappa shape index (κ3) is 2.27. The molecule has 3 rings (SSSR count). The molecule has 2 unspecified atom stereocenters. The van der Waals surface area contributed by atoms with E-state index in [0.29, 0.717) is 23.0 Å². The lowest BCUT2D eigenvalue weighted by Gasteiger charge is -2.42. The zero-order chi connectivity index (χ0) is 14.3. The average Bonchev–Trinajstić information content (AvgIpc) is 2.76. The van der Waals surface area contributed by atoms with Gasteiger partial charge in [0.25, 0.3) is 0 Å². The van der Waals surface area contributed by atoms with Gasteiger partial charge >= 0.3 is 0 Å². The van der Waals surface area contributed by atoms with E-state index in [1.165, 1.54) is 19.3 Å². The fourth-order valence-electron chi connectivity index (χ4n) is 3.24. The Hall–Kier alpha value is -0.930. The molecule has 20 heavy (non-hydrogen) atoms. The first-order valence-corrected chi connectivity index (χ1v) is 8.04. The second-order valence-corrected chi connectivity index (χ2v) is 6.32. The van der Waals surface area contributed by atoms with Crippen LogP contribution in [-0.2, 0) is 5.88 Å². The second-order valence-electron chi connectivity index (χ2n) is 5.62. The summed E-state index contributed by atoms with van der Waals surface area (Å²) in [5.41, 5.74) is 2.00. The first-order chi connectivity index (χ1) is 9.61. The van der Waals surface area contributed by atoms with Crippen molar-refractivity contribution in [3.63, 3.8) is 0 Å². The Balaban J connectivity index is 2.18. The fourth-order valence-corrected chi connectivity index (χ4v) is 3.58. The Morgan fingerprint density at radius 3 is 2.60 bits per heavy atom. The van der Waals surface area contributed by atoms with Gasteiger partial charge in [0.1, 0.15) is 5.82 Å². The molecule has 2 aromatic rings. The van der Waals surface area contributed by atoms with Crippen LogP contribution < -0.4 is 5.01 Å². The zero-order valence-corrected chi connectivity index (χ0v) is 13.3. The third-order valence-electron chi connectivity index (χ3n) is 4.16. The minimum Gasteiger partial charge on any atom is -0.305 e. The van der Waals surface area contributed by atoms with Gasteiger partial charge in [0.15, 0.2) is 0 Å². The number of fused-ring (bicyclic) bond motifs is 1. The van der Waals surface area contributed by atoms with Crippen LogP contribution in [0.5, 0.6) is 0 Å². The van der Waals surface area contributed by atoms with Crippen LogP contribution in [0.3, 0.4) is 0 Å². The predicted octanol–water partition coefficient (Wildman–Crippen LogP) is 4.33. The summed E-state index contributed by atoms with van der Waals surface area (Å²) < 4.78 is 2.20. The summed E-state index contributed by atoms with van der Waals surface area (Å²) in [6, 6.07) is 6.85. The molecule has 108 valence electrons. The number of hydrogen-bond donors (Lipinski definition) is 0. The smallest absolute Gasteiger partial charge is 0.143 e. The number of piperidine rings is 1. The lowest BCUT2D eigenvalue weighted by Crippen LogP contribution is -2.51. The van der Waals surface area contributed by atoms with E-state index in [1.54, 1.807) is 0 Å². The van der Waals surface area contributed by atoms with E-state index in [0.717, 1.165) is 16.9 Å². The maximum atomic E-state index is 6.12. The molecule has 1 aliphatic rings. The molecule has 1 aromatic heterocycles. The summed E-state index contributed by atoms with van der Waals surface area (Å²) in [5.74, 6) is 1.30. The van der Waals surface area contributed by atoms with E-state index < -0.39 is 0 Å². The number of rotatable bonds is 2. The third-order valence-corrected chi connectivity index (χ3v) is 4.63. The molecule has 2 heterocycles. The SMILES string of the molecule is CC1CCCC(C)N1n1c(CCl)nc2cc(Cl)ccc21. The summed E-state index contributed by atoms with van der Waals surface area (Å²) in [6.07, 6.45) is 3.70. The predicted molar refractivity (Wildman–Crippen MR) is 85.3 cm³/mol. The number of halogens is 2. The number of hydrogen-bond acceptors (Lipinski definition) is 2. The first-order valence-electron chi connectivity index (χ1n) is 7.13. The number of aromatic nitrogens is 2. The lowest BCUT2D eigenvalue weighted by atomic mass is 10.00. The van der Waals surface area contributed by atoms with Crippen LogP contribution in [-0.4, -0.2) is 21.7 Å². The molecule has 0 bridgehead atoms. The van der Waals surface area contributed by atoms with Gasteiger partial charge in [-0.3, -0.25) is 0 Å². The van der Waals surface area contributed by atoms with Gasteiger partial charge in [-0.05, 0) is 51.3 Å². The van der Waals surface area contributed by atoms with Gasteiger partial charge in [-0.1, -0.05) is 11.6 Å². The number of benzene rings is 1. The highest BCUT2D eigenvalue weighted by Gasteiger charge is 2.28. The van der Waals surface area contributed by atoms with Crippen LogP contribution in [0.15, 0.2) is 18.2 Å². The number of nitrogens with zero attached hydrogens (tertiary/aromatic N) is 3. The number of imidazole rings is 1. The van der Waals surface area contributed by atoms with Crippen molar-refractivity contribution >= 4 is 34.2 Å². The van der Waals surface area contributed by atoms with E-state index >= 15 is 0 Å². The Labute approximate surface area is 129 Å². The molecule has 0 N–H and O–H groups in total. The molecule has 2 atom stereocenters. The first kappa shape index (κ1) is 14.0. The Bertz CT molecular complexity index is 613. The normalized spacial score (nSPS) is 23.5. The molecule has 0 saturated carbocycles. The molecule has 1 aliphatic heterocycles.